The molecule has 0 aliphatic rings. The van der Waals surface area contributed by atoms with Crippen LogP contribution in [-0.4, -0.2) is 31.3 Å². The third-order valence-electron chi connectivity index (χ3n) is 3.19. The largest absolute Gasteiger partial charge is 0.393 e. The monoisotopic (exact) mass is 282 g/mol. The summed E-state index contributed by atoms with van der Waals surface area (Å²) in [6.45, 7) is 8.29. The maximum atomic E-state index is 14.1. The molecule has 0 heterocycles. The van der Waals surface area contributed by atoms with E-state index >= 15 is 0 Å². The lowest BCUT2D eigenvalue weighted by Crippen LogP contribution is -2.23. The highest BCUT2D eigenvalue weighted by Gasteiger charge is 2.09. The number of hydrogen-bond donors (Lipinski definition) is 2. The van der Waals surface area contributed by atoms with E-state index in [2.05, 4.69) is 19.2 Å². The maximum Gasteiger partial charge on any atom is 0.146 e. The summed E-state index contributed by atoms with van der Waals surface area (Å²) in [5, 5.41) is 12.6. The maximum absolute atomic E-state index is 14.1. The first-order chi connectivity index (χ1) is 9.40. The van der Waals surface area contributed by atoms with Crippen molar-refractivity contribution in [1.82, 2.24) is 5.32 Å². The highest BCUT2D eigenvalue weighted by atomic mass is 19.1. The Morgan fingerprint density at radius 1 is 1.30 bits per heavy atom. The zero-order chi connectivity index (χ0) is 15.1. The van der Waals surface area contributed by atoms with Crippen molar-refractivity contribution in [3.63, 3.8) is 0 Å². The van der Waals surface area contributed by atoms with Gasteiger partial charge in [0.1, 0.15) is 5.82 Å². The normalized spacial score (nSPS) is 12.8. The Bertz CT molecular complexity index is 407. The van der Waals surface area contributed by atoms with Crippen LogP contribution in [0.1, 0.15) is 32.8 Å². The molecule has 0 spiro atoms. The van der Waals surface area contributed by atoms with Crippen LogP contribution in [-0.2, 0) is 6.54 Å². The van der Waals surface area contributed by atoms with Crippen molar-refractivity contribution in [3.05, 3.63) is 29.6 Å². The number of aliphatic hydroxyl groups is 1. The number of aliphatic hydroxyl groups excluding tert-OH is 1. The van der Waals surface area contributed by atoms with Crippen LogP contribution in [0.4, 0.5) is 10.1 Å². The molecule has 1 unspecified atom stereocenters. The van der Waals surface area contributed by atoms with E-state index in [1.807, 2.05) is 24.1 Å². The molecule has 2 N–H and O–H groups in total. The number of hydrogen-bond acceptors (Lipinski definition) is 3. The summed E-state index contributed by atoms with van der Waals surface area (Å²) < 4.78 is 14.1. The number of benzene rings is 1. The van der Waals surface area contributed by atoms with Gasteiger partial charge in [0.25, 0.3) is 0 Å². The van der Waals surface area contributed by atoms with E-state index in [-0.39, 0.29) is 11.9 Å². The van der Waals surface area contributed by atoms with E-state index in [0.717, 1.165) is 12.1 Å². The number of anilines is 1. The molecule has 0 fully saturated rings. The van der Waals surface area contributed by atoms with Gasteiger partial charge in [-0.05, 0) is 43.5 Å². The van der Waals surface area contributed by atoms with E-state index in [1.165, 1.54) is 0 Å². The highest BCUT2D eigenvalue weighted by Crippen LogP contribution is 2.20. The Kier molecular flexibility index (Phi) is 6.96. The zero-order valence-electron chi connectivity index (χ0n) is 13.0. The molecule has 4 heteroatoms. The molecule has 20 heavy (non-hydrogen) atoms. The number of halogens is 1. The molecule has 0 aromatic heterocycles. The van der Waals surface area contributed by atoms with Gasteiger partial charge in [-0.1, -0.05) is 19.9 Å². The predicted octanol–water partition coefficient (Wildman–Crippen LogP) is 2.78. The Morgan fingerprint density at radius 3 is 2.55 bits per heavy atom. The molecule has 0 bridgehead atoms. The predicted molar refractivity (Wildman–Crippen MR) is 82.5 cm³/mol. The molecular weight excluding hydrogens is 255 g/mol. The van der Waals surface area contributed by atoms with Crippen molar-refractivity contribution in [2.45, 2.75) is 39.8 Å². The molecule has 1 aromatic rings. The first-order valence-corrected chi connectivity index (χ1v) is 7.28. The van der Waals surface area contributed by atoms with E-state index in [0.29, 0.717) is 31.1 Å². The lowest BCUT2D eigenvalue weighted by Gasteiger charge is -2.21. The average molecular weight is 282 g/mol. The van der Waals surface area contributed by atoms with Crippen LogP contribution in [0, 0.1) is 11.7 Å². The minimum absolute atomic E-state index is 0.207. The van der Waals surface area contributed by atoms with Crippen LogP contribution < -0.4 is 10.2 Å². The molecular formula is C16H27FN2O. The summed E-state index contributed by atoms with van der Waals surface area (Å²) in [7, 11) is 1.84. The van der Waals surface area contributed by atoms with Crippen molar-refractivity contribution in [2.24, 2.45) is 5.92 Å². The van der Waals surface area contributed by atoms with Gasteiger partial charge in [0.05, 0.1) is 11.8 Å². The topological polar surface area (TPSA) is 35.5 Å². The van der Waals surface area contributed by atoms with Crippen molar-refractivity contribution >= 4 is 5.69 Å². The van der Waals surface area contributed by atoms with Crippen molar-refractivity contribution in [1.29, 1.82) is 0 Å². The fourth-order valence-electron chi connectivity index (χ4n) is 1.98. The van der Waals surface area contributed by atoms with Crippen LogP contribution in [0.15, 0.2) is 18.2 Å². The Hall–Kier alpha value is -1.13. The smallest absolute Gasteiger partial charge is 0.146 e. The summed E-state index contributed by atoms with van der Waals surface area (Å²) in [6.07, 6.45) is 0.271. The average Bonchev–Trinajstić information content (AvgIpc) is 2.35. The number of nitrogens with one attached hydrogen (secondary N) is 1. The zero-order valence-corrected chi connectivity index (χ0v) is 13.0. The first-order valence-electron chi connectivity index (χ1n) is 7.28. The van der Waals surface area contributed by atoms with Crippen LogP contribution >= 0.6 is 0 Å². The Morgan fingerprint density at radius 2 is 2.00 bits per heavy atom. The van der Waals surface area contributed by atoms with E-state index in [1.54, 1.807) is 13.0 Å². The summed E-state index contributed by atoms with van der Waals surface area (Å²) in [5.74, 6) is 0.382. The molecule has 1 aromatic carbocycles. The molecule has 0 aliphatic heterocycles. The van der Waals surface area contributed by atoms with Gasteiger partial charge >= 0.3 is 0 Å². The van der Waals surface area contributed by atoms with E-state index in [4.69, 9.17) is 0 Å². The summed E-state index contributed by atoms with van der Waals surface area (Å²) in [6, 6.07) is 5.34. The lowest BCUT2D eigenvalue weighted by atomic mass is 10.1. The van der Waals surface area contributed by atoms with Crippen molar-refractivity contribution in [2.75, 3.05) is 25.0 Å². The van der Waals surface area contributed by atoms with Gasteiger partial charge in [-0.25, -0.2) is 4.39 Å². The molecule has 3 nitrogen and oxygen atoms in total. The lowest BCUT2D eigenvalue weighted by molar-refractivity contribution is 0.187. The first kappa shape index (κ1) is 16.9. The summed E-state index contributed by atoms with van der Waals surface area (Å²) in [5.41, 5.74) is 1.54. The van der Waals surface area contributed by atoms with Gasteiger partial charge in [-0.15, -0.1) is 0 Å². The van der Waals surface area contributed by atoms with Crippen molar-refractivity contribution in [3.8, 4) is 0 Å². The van der Waals surface area contributed by atoms with Gasteiger partial charge in [-0.3, -0.25) is 0 Å². The number of nitrogens with zero attached hydrogens (tertiary/aromatic N) is 1. The van der Waals surface area contributed by atoms with Crippen LogP contribution in [0.25, 0.3) is 0 Å². The van der Waals surface area contributed by atoms with Gasteiger partial charge in [0.2, 0.25) is 0 Å². The minimum Gasteiger partial charge on any atom is -0.393 e. The van der Waals surface area contributed by atoms with Crippen molar-refractivity contribution < 1.29 is 9.50 Å². The highest BCUT2D eigenvalue weighted by molar-refractivity contribution is 5.48. The standard InChI is InChI=1S/C16H27FN2O/c1-12(2)10-18-11-14-5-6-16(15(17)9-14)19(4)8-7-13(3)20/h5-6,9,12-13,18,20H,7-8,10-11H2,1-4H3. The Labute approximate surface area is 121 Å². The van der Waals surface area contributed by atoms with Gasteiger partial charge < -0.3 is 15.3 Å². The molecule has 1 atom stereocenters. The fourth-order valence-corrected chi connectivity index (χ4v) is 1.98. The van der Waals surface area contributed by atoms with Gasteiger partial charge in [0, 0.05) is 20.1 Å². The molecule has 0 aliphatic carbocycles. The molecule has 0 radical (unpaired) electrons. The third-order valence-corrected chi connectivity index (χ3v) is 3.19. The molecule has 1 rings (SSSR count). The molecule has 0 saturated carbocycles. The second kappa shape index (κ2) is 8.22. The van der Waals surface area contributed by atoms with Gasteiger partial charge in [0.15, 0.2) is 0 Å². The van der Waals surface area contributed by atoms with E-state index < -0.39 is 0 Å². The third kappa shape index (κ3) is 5.88. The van der Waals surface area contributed by atoms with Crippen LogP contribution in [0.5, 0.6) is 0 Å². The Balaban J connectivity index is 2.58. The molecule has 114 valence electrons. The minimum atomic E-state index is -0.361. The van der Waals surface area contributed by atoms with Gasteiger partial charge in [-0.2, -0.15) is 0 Å². The van der Waals surface area contributed by atoms with Crippen LogP contribution in [0.3, 0.4) is 0 Å². The SMILES string of the molecule is CC(C)CNCc1ccc(N(C)CCC(C)O)c(F)c1. The fraction of sp³-hybridized carbons (Fsp3) is 0.625. The number of rotatable bonds is 8. The van der Waals surface area contributed by atoms with E-state index in [9.17, 15) is 9.50 Å². The molecule has 0 amide bonds. The van der Waals surface area contributed by atoms with Crippen LogP contribution in [0.2, 0.25) is 0 Å². The second-order valence-electron chi connectivity index (χ2n) is 5.87. The quantitative estimate of drug-likeness (QED) is 0.769. The molecule has 0 saturated heterocycles. The summed E-state index contributed by atoms with van der Waals surface area (Å²) in [4.78, 5) is 1.84. The summed E-state index contributed by atoms with van der Waals surface area (Å²) >= 11 is 0. The second-order valence-corrected chi connectivity index (χ2v) is 5.87.